The average Bonchev–Trinajstić information content (AvgIpc) is 2.99. The lowest BCUT2D eigenvalue weighted by molar-refractivity contribution is 0.158. The van der Waals surface area contributed by atoms with Crippen molar-refractivity contribution in [2.75, 3.05) is 26.2 Å². The van der Waals surface area contributed by atoms with Crippen molar-refractivity contribution in [3.63, 3.8) is 0 Å². The van der Waals surface area contributed by atoms with Gasteiger partial charge in [0.25, 0.3) is 0 Å². The monoisotopic (exact) mass is 350 g/mol. The van der Waals surface area contributed by atoms with Gasteiger partial charge in [-0.25, -0.2) is 4.99 Å². The normalized spacial score (nSPS) is 19.5. The van der Waals surface area contributed by atoms with Gasteiger partial charge in [0.05, 0.1) is 6.54 Å². The summed E-state index contributed by atoms with van der Waals surface area (Å²) in [5.74, 6) is 0.940. The topological polar surface area (TPSA) is 39.7 Å². The number of nitrogens with zero attached hydrogens (tertiary/aromatic N) is 2. The second-order valence-corrected chi connectivity index (χ2v) is 8.09. The summed E-state index contributed by atoms with van der Waals surface area (Å²) in [5, 5.41) is 6.81. The molecule has 2 heterocycles. The Kier molecular flexibility index (Phi) is 8.60. The number of likely N-dealkylation sites (tertiary alicyclic amines) is 1. The van der Waals surface area contributed by atoms with Gasteiger partial charge in [0.1, 0.15) is 0 Å². The maximum Gasteiger partial charge on any atom is 0.191 e. The van der Waals surface area contributed by atoms with Gasteiger partial charge < -0.3 is 15.5 Å². The van der Waals surface area contributed by atoms with E-state index >= 15 is 0 Å². The molecule has 0 aliphatic carbocycles. The van der Waals surface area contributed by atoms with Crippen molar-refractivity contribution < 1.29 is 0 Å². The van der Waals surface area contributed by atoms with Crippen LogP contribution in [0.15, 0.2) is 17.1 Å². The van der Waals surface area contributed by atoms with Crippen molar-refractivity contribution >= 4 is 17.3 Å². The Bertz CT molecular complexity index is 497. The number of aliphatic imine (C=N–C) groups is 1. The van der Waals surface area contributed by atoms with Crippen molar-refractivity contribution in [2.24, 2.45) is 4.99 Å². The van der Waals surface area contributed by atoms with Crippen molar-refractivity contribution in [3.05, 3.63) is 21.9 Å². The first-order chi connectivity index (χ1) is 11.7. The SMILES string of the molecule is CCNC(=NCc1ccc(C)s1)NCCCCN1CCCCC1C. The van der Waals surface area contributed by atoms with Gasteiger partial charge in [0.2, 0.25) is 0 Å². The van der Waals surface area contributed by atoms with Gasteiger partial charge >= 0.3 is 0 Å². The molecule has 1 unspecified atom stereocenters. The number of hydrogen-bond acceptors (Lipinski definition) is 3. The summed E-state index contributed by atoms with van der Waals surface area (Å²) in [6.45, 7) is 11.8. The van der Waals surface area contributed by atoms with Crippen LogP contribution in [-0.2, 0) is 6.54 Å². The molecule has 0 saturated carbocycles. The summed E-state index contributed by atoms with van der Waals surface area (Å²) in [5.41, 5.74) is 0. The van der Waals surface area contributed by atoms with Crippen molar-refractivity contribution in [1.29, 1.82) is 0 Å². The molecule has 1 fully saturated rings. The molecular formula is C19H34N4S. The standard InChI is InChI=1S/C19H34N4S/c1-4-20-19(22-15-18-11-10-17(3)24-18)21-12-6-8-14-23-13-7-5-9-16(23)2/h10-11,16H,4-9,12-15H2,1-3H3,(H2,20,21,22). The fraction of sp³-hybridized carbons (Fsp3) is 0.737. The quantitative estimate of drug-likeness (QED) is 0.426. The van der Waals surface area contributed by atoms with Gasteiger partial charge in [-0.3, -0.25) is 0 Å². The van der Waals surface area contributed by atoms with Gasteiger partial charge in [-0.2, -0.15) is 0 Å². The van der Waals surface area contributed by atoms with Gasteiger partial charge in [0, 0.05) is 28.9 Å². The minimum atomic E-state index is 0.763. The molecule has 1 aliphatic heterocycles. The lowest BCUT2D eigenvalue weighted by Gasteiger charge is -2.33. The Morgan fingerprint density at radius 3 is 2.88 bits per heavy atom. The lowest BCUT2D eigenvalue weighted by atomic mass is 10.0. The molecule has 136 valence electrons. The van der Waals surface area contributed by atoms with Crippen molar-refractivity contribution in [3.8, 4) is 0 Å². The summed E-state index contributed by atoms with van der Waals surface area (Å²) >= 11 is 1.83. The number of piperidine rings is 1. The smallest absolute Gasteiger partial charge is 0.191 e. The van der Waals surface area contributed by atoms with E-state index in [9.17, 15) is 0 Å². The predicted octanol–water partition coefficient (Wildman–Crippen LogP) is 3.77. The minimum absolute atomic E-state index is 0.763. The number of nitrogens with one attached hydrogen (secondary N) is 2. The molecule has 2 N–H and O–H groups in total. The summed E-state index contributed by atoms with van der Waals surface area (Å²) in [7, 11) is 0. The van der Waals surface area contributed by atoms with E-state index in [2.05, 4.69) is 48.4 Å². The summed E-state index contributed by atoms with van der Waals surface area (Å²) < 4.78 is 0. The predicted molar refractivity (Wildman–Crippen MR) is 106 cm³/mol. The first-order valence-corrected chi connectivity index (χ1v) is 10.3. The van der Waals surface area contributed by atoms with Crippen LogP contribution in [0.1, 0.15) is 55.7 Å². The van der Waals surface area contributed by atoms with E-state index in [-0.39, 0.29) is 0 Å². The van der Waals surface area contributed by atoms with Crippen molar-refractivity contribution in [2.45, 2.75) is 65.5 Å². The van der Waals surface area contributed by atoms with Crippen LogP contribution >= 0.6 is 11.3 Å². The fourth-order valence-electron chi connectivity index (χ4n) is 3.21. The maximum absolute atomic E-state index is 4.69. The highest BCUT2D eigenvalue weighted by molar-refractivity contribution is 7.11. The number of thiophene rings is 1. The minimum Gasteiger partial charge on any atom is -0.357 e. The average molecular weight is 351 g/mol. The molecule has 1 saturated heterocycles. The third-order valence-corrected chi connectivity index (χ3v) is 5.62. The third-order valence-electron chi connectivity index (χ3n) is 4.64. The van der Waals surface area contributed by atoms with Crippen LogP contribution in [0.3, 0.4) is 0 Å². The molecule has 0 radical (unpaired) electrons. The zero-order chi connectivity index (χ0) is 17.2. The molecule has 0 bridgehead atoms. The van der Waals surface area contributed by atoms with E-state index in [1.165, 1.54) is 54.9 Å². The molecule has 0 amide bonds. The van der Waals surface area contributed by atoms with Gasteiger partial charge in [-0.05, 0) is 71.7 Å². The lowest BCUT2D eigenvalue weighted by Crippen LogP contribution is -2.39. The summed E-state index contributed by atoms with van der Waals surface area (Å²) in [6.07, 6.45) is 6.62. The largest absolute Gasteiger partial charge is 0.357 e. The molecule has 1 aromatic rings. The van der Waals surface area contributed by atoms with Crippen LogP contribution in [0.5, 0.6) is 0 Å². The number of guanidine groups is 1. The highest BCUT2D eigenvalue weighted by atomic mass is 32.1. The summed E-state index contributed by atoms with van der Waals surface area (Å²) in [4.78, 5) is 10.0. The van der Waals surface area contributed by atoms with Crippen LogP contribution in [-0.4, -0.2) is 43.1 Å². The van der Waals surface area contributed by atoms with E-state index in [4.69, 9.17) is 4.99 Å². The highest BCUT2D eigenvalue weighted by Crippen LogP contribution is 2.17. The molecule has 0 aromatic carbocycles. The van der Waals surface area contributed by atoms with Crippen molar-refractivity contribution in [1.82, 2.24) is 15.5 Å². The van der Waals surface area contributed by atoms with E-state index in [1.54, 1.807) is 0 Å². The van der Waals surface area contributed by atoms with Crippen LogP contribution in [0.25, 0.3) is 0 Å². The van der Waals surface area contributed by atoms with E-state index in [1.807, 2.05) is 11.3 Å². The zero-order valence-corrected chi connectivity index (χ0v) is 16.4. The van der Waals surface area contributed by atoms with Gasteiger partial charge in [-0.1, -0.05) is 6.42 Å². The van der Waals surface area contributed by atoms with E-state index < -0.39 is 0 Å². The first kappa shape index (κ1) is 19.3. The highest BCUT2D eigenvalue weighted by Gasteiger charge is 2.16. The molecule has 24 heavy (non-hydrogen) atoms. The number of aryl methyl sites for hydroxylation is 1. The second-order valence-electron chi connectivity index (χ2n) is 6.72. The second kappa shape index (κ2) is 10.7. The molecule has 1 atom stereocenters. The van der Waals surface area contributed by atoms with Gasteiger partial charge in [-0.15, -0.1) is 11.3 Å². The number of hydrogen-bond donors (Lipinski definition) is 2. The molecule has 0 spiro atoms. The fourth-order valence-corrected chi connectivity index (χ4v) is 4.02. The maximum atomic E-state index is 4.69. The zero-order valence-electron chi connectivity index (χ0n) is 15.6. The Morgan fingerprint density at radius 1 is 1.29 bits per heavy atom. The Hall–Kier alpha value is -1.07. The molecular weight excluding hydrogens is 316 g/mol. The molecule has 2 rings (SSSR count). The first-order valence-electron chi connectivity index (χ1n) is 9.50. The van der Waals surface area contributed by atoms with Crippen LogP contribution in [0.2, 0.25) is 0 Å². The number of rotatable bonds is 8. The van der Waals surface area contributed by atoms with Gasteiger partial charge in [0.15, 0.2) is 5.96 Å². The number of unbranched alkanes of at least 4 members (excludes halogenated alkanes) is 1. The Labute approximate surface area is 151 Å². The summed E-state index contributed by atoms with van der Waals surface area (Å²) in [6, 6.07) is 5.12. The molecule has 5 heteroatoms. The molecule has 1 aliphatic rings. The van der Waals surface area contributed by atoms with Crippen LogP contribution in [0, 0.1) is 6.92 Å². The Balaban J connectivity index is 1.65. The van der Waals surface area contributed by atoms with Crippen LogP contribution < -0.4 is 10.6 Å². The van der Waals surface area contributed by atoms with E-state index in [0.29, 0.717) is 0 Å². The van der Waals surface area contributed by atoms with E-state index in [0.717, 1.165) is 31.6 Å². The third kappa shape index (κ3) is 6.81. The van der Waals surface area contributed by atoms with Crippen LogP contribution in [0.4, 0.5) is 0 Å². The molecule has 4 nitrogen and oxygen atoms in total. The molecule has 1 aromatic heterocycles. The Morgan fingerprint density at radius 2 is 2.17 bits per heavy atom.